The van der Waals surface area contributed by atoms with E-state index in [9.17, 15) is 4.79 Å². The standard InChI is InChI=1S/C10H13N3O2/c1-15-10(14)9-5-8(12-13-9)7-3-2-4-11-6-7/h2-4,6,8-9,12-13H,5H2,1H3. The summed E-state index contributed by atoms with van der Waals surface area (Å²) in [5, 5.41) is 0. The van der Waals surface area contributed by atoms with Crippen LogP contribution in [-0.4, -0.2) is 24.1 Å². The van der Waals surface area contributed by atoms with Crippen LogP contribution in [0.1, 0.15) is 18.0 Å². The largest absolute Gasteiger partial charge is 0.468 e. The van der Waals surface area contributed by atoms with E-state index in [0.29, 0.717) is 6.42 Å². The zero-order valence-electron chi connectivity index (χ0n) is 8.43. The van der Waals surface area contributed by atoms with Gasteiger partial charge < -0.3 is 4.74 Å². The van der Waals surface area contributed by atoms with Gasteiger partial charge in [-0.15, -0.1) is 0 Å². The number of hydrogen-bond acceptors (Lipinski definition) is 5. The summed E-state index contributed by atoms with van der Waals surface area (Å²) >= 11 is 0. The molecule has 1 fully saturated rings. The van der Waals surface area contributed by atoms with E-state index < -0.39 is 0 Å². The topological polar surface area (TPSA) is 63.2 Å². The SMILES string of the molecule is COC(=O)C1CC(c2cccnc2)NN1. The average Bonchev–Trinajstić information content (AvgIpc) is 2.78. The number of hydrazine groups is 1. The van der Waals surface area contributed by atoms with Gasteiger partial charge in [-0.2, -0.15) is 0 Å². The van der Waals surface area contributed by atoms with E-state index in [1.54, 1.807) is 12.4 Å². The van der Waals surface area contributed by atoms with Crippen LogP contribution in [0.3, 0.4) is 0 Å². The molecule has 2 unspecified atom stereocenters. The fourth-order valence-electron chi connectivity index (χ4n) is 1.65. The Labute approximate surface area is 87.8 Å². The lowest BCUT2D eigenvalue weighted by atomic mass is 10.0. The van der Waals surface area contributed by atoms with Crippen molar-refractivity contribution in [3.63, 3.8) is 0 Å². The Morgan fingerprint density at radius 1 is 1.60 bits per heavy atom. The minimum absolute atomic E-state index is 0.114. The second kappa shape index (κ2) is 4.37. The summed E-state index contributed by atoms with van der Waals surface area (Å²) in [7, 11) is 1.39. The highest BCUT2D eigenvalue weighted by molar-refractivity contribution is 5.76. The number of nitrogens with zero attached hydrogens (tertiary/aromatic N) is 1. The van der Waals surface area contributed by atoms with Gasteiger partial charge in [0.2, 0.25) is 0 Å². The third-order valence-corrected chi connectivity index (χ3v) is 2.48. The van der Waals surface area contributed by atoms with Crippen molar-refractivity contribution < 1.29 is 9.53 Å². The molecule has 0 spiro atoms. The molecule has 0 aliphatic carbocycles. The lowest BCUT2D eigenvalue weighted by Gasteiger charge is -2.07. The van der Waals surface area contributed by atoms with Crippen LogP contribution in [0, 0.1) is 0 Å². The number of carbonyl (C=O) groups excluding carboxylic acids is 1. The van der Waals surface area contributed by atoms with Gasteiger partial charge in [-0.3, -0.25) is 9.78 Å². The number of nitrogens with one attached hydrogen (secondary N) is 2. The summed E-state index contributed by atoms with van der Waals surface area (Å²) in [5.74, 6) is -0.242. The lowest BCUT2D eigenvalue weighted by molar-refractivity contribution is -0.142. The van der Waals surface area contributed by atoms with Crippen molar-refractivity contribution in [1.29, 1.82) is 0 Å². The van der Waals surface area contributed by atoms with Gasteiger partial charge in [0.05, 0.1) is 7.11 Å². The third-order valence-electron chi connectivity index (χ3n) is 2.48. The van der Waals surface area contributed by atoms with Crippen LogP contribution < -0.4 is 10.9 Å². The van der Waals surface area contributed by atoms with Crippen molar-refractivity contribution in [2.75, 3.05) is 7.11 Å². The predicted molar refractivity (Wildman–Crippen MR) is 53.7 cm³/mol. The van der Waals surface area contributed by atoms with E-state index in [4.69, 9.17) is 0 Å². The van der Waals surface area contributed by atoms with Gasteiger partial charge >= 0.3 is 5.97 Å². The van der Waals surface area contributed by atoms with E-state index in [-0.39, 0.29) is 18.1 Å². The maximum Gasteiger partial charge on any atom is 0.324 e. The van der Waals surface area contributed by atoms with Crippen LogP contribution in [0.15, 0.2) is 24.5 Å². The monoisotopic (exact) mass is 207 g/mol. The molecule has 5 nitrogen and oxygen atoms in total. The number of carbonyl (C=O) groups is 1. The van der Waals surface area contributed by atoms with Gasteiger partial charge in [0.1, 0.15) is 6.04 Å². The Bertz CT molecular complexity index is 342. The zero-order valence-corrected chi connectivity index (χ0v) is 8.43. The van der Waals surface area contributed by atoms with Crippen LogP contribution in [0.2, 0.25) is 0 Å². The number of esters is 1. The smallest absolute Gasteiger partial charge is 0.324 e. The second-order valence-electron chi connectivity index (χ2n) is 3.44. The first-order valence-electron chi connectivity index (χ1n) is 4.80. The Morgan fingerprint density at radius 2 is 2.47 bits per heavy atom. The molecule has 0 saturated carbocycles. The molecule has 2 rings (SSSR count). The lowest BCUT2D eigenvalue weighted by Crippen LogP contribution is -2.36. The van der Waals surface area contributed by atoms with E-state index >= 15 is 0 Å². The Kier molecular flexibility index (Phi) is 2.94. The Balaban J connectivity index is 2.02. The molecule has 0 radical (unpaired) electrons. The van der Waals surface area contributed by atoms with Gasteiger partial charge in [0.25, 0.3) is 0 Å². The van der Waals surface area contributed by atoms with Crippen molar-refractivity contribution in [3.05, 3.63) is 30.1 Å². The van der Waals surface area contributed by atoms with Crippen molar-refractivity contribution in [2.24, 2.45) is 0 Å². The number of hydrogen-bond donors (Lipinski definition) is 2. The van der Waals surface area contributed by atoms with Crippen LogP contribution in [-0.2, 0) is 9.53 Å². The van der Waals surface area contributed by atoms with E-state index in [0.717, 1.165) is 5.56 Å². The highest BCUT2D eigenvalue weighted by atomic mass is 16.5. The predicted octanol–water partition coefficient (Wildman–Crippen LogP) is 0.162. The molecule has 1 saturated heterocycles. The summed E-state index contributed by atoms with van der Waals surface area (Å²) in [5.41, 5.74) is 7.02. The van der Waals surface area contributed by atoms with Gasteiger partial charge in [-0.05, 0) is 18.1 Å². The molecule has 80 valence electrons. The molecule has 1 aromatic heterocycles. The highest BCUT2D eigenvalue weighted by Gasteiger charge is 2.30. The van der Waals surface area contributed by atoms with Crippen LogP contribution >= 0.6 is 0 Å². The molecule has 1 aromatic rings. The summed E-state index contributed by atoms with van der Waals surface area (Å²) < 4.78 is 4.66. The van der Waals surface area contributed by atoms with Gasteiger partial charge in [0, 0.05) is 18.4 Å². The fourth-order valence-corrected chi connectivity index (χ4v) is 1.65. The first-order chi connectivity index (χ1) is 7.31. The van der Waals surface area contributed by atoms with E-state index in [1.165, 1.54) is 7.11 Å². The molecular weight excluding hydrogens is 194 g/mol. The van der Waals surface area contributed by atoms with Crippen LogP contribution in [0.4, 0.5) is 0 Å². The number of aromatic nitrogens is 1. The molecular formula is C10H13N3O2. The van der Waals surface area contributed by atoms with E-state index in [2.05, 4.69) is 20.6 Å². The van der Waals surface area contributed by atoms with Crippen LogP contribution in [0.5, 0.6) is 0 Å². The summed E-state index contributed by atoms with van der Waals surface area (Å²) in [6, 6.07) is 3.69. The second-order valence-corrected chi connectivity index (χ2v) is 3.44. The van der Waals surface area contributed by atoms with E-state index in [1.807, 2.05) is 12.1 Å². The molecule has 1 aliphatic rings. The molecule has 15 heavy (non-hydrogen) atoms. The summed E-state index contributed by atoms with van der Waals surface area (Å²) in [6.07, 6.45) is 4.20. The Hall–Kier alpha value is -1.46. The number of methoxy groups -OCH3 is 1. The third kappa shape index (κ3) is 2.14. The van der Waals surface area contributed by atoms with Crippen molar-refractivity contribution in [1.82, 2.24) is 15.8 Å². The normalized spacial score (nSPS) is 25.1. The van der Waals surface area contributed by atoms with Crippen molar-refractivity contribution in [2.45, 2.75) is 18.5 Å². The molecule has 2 heterocycles. The first-order valence-corrected chi connectivity index (χ1v) is 4.80. The molecule has 5 heteroatoms. The quantitative estimate of drug-likeness (QED) is 0.676. The van der Waals surface area contributed by atoms with Gasteiger partial charge in [0.15, 0.2) is 0 Å². The summed E-state index contributed by atoms with van der Waals surface area (Å²) in [6.45, 7) is 0. The van der Waals surface area contributed by atoms with Crippen LogP contribution in [0.25, 0.3) is 0 Å². The number of ether oxygens (including phenoxy) is 1. The Morgan fingerprint density at radius 3 is 3.13 bits per heavy atom. The molecule has 1 aliphatic heterocycles. The number of pyridine rings is 1. The maximum atomic E-state index is 11.3. The highest BCUT2D eigenvalue weighted by Crippen LogP contribution is 2.21. The fraction of sp³-hybridized carbons (Fsp3) is 0.400. The molecule has 0 bridgehead atoms. The van der Waals surface area contributed by atoms with Gasteiger partial charge in [-0.1, -0.05) is 6.07 Å². The zero-order chi connectivity index (χ0) is 10.7. The average molecular weight is 207 g/mol. The molecule has 0 amide bonds. The molecule has 2 atom stereocenters. The molecule has 2 N–H and O–H groups in total. The van der Waals surface area contributed by atoms with Gasteiger partial charge in [-0.25, -0.2) is 10.9 Å². The van der Waals surface area contributed by atoms with Crippen molar-refractivity contribution in [3.8, 4) is 0 Å². The first kappa shape index (κ1) is 10.1. The minimum Gasteiger partial charge on any atom is -0.468 e. The minimum atomic E-state index is -0.278. The maximum absolute atomic E-state index is 11.3. The summed E-state index contributed by atoms with van der Waals surface area (Å²) in [4.78, 5) is 15.3. The number of rotatable bonds is 2. The molecule has 0 aromatic carbocycles. The van der Waals surface area contributed by atoms with Crippen molar-refractivity contribution >= 4 is 5.97 Å².